The van der Waals surface area contributed by atoms with Gasteiger partial charge in [-0.1, -0.05) is 18.0 Å². The number of nitrogens with zero attached hydrogens (tertiary/aromatic N) is 5. The first kappa shape index (κ1) is 20.0. The van der Waals surface area contributed by atoms with E-state index in [1.807, 2.05) is 4.90 Å². The van der Waals surface area contributed by atoms with E-state index in [2.05, 4.69) is 19.9 Å². The van der Waals surface area contributed by atoms with Crippen molar-refractivity contribution in [2.75, 3.05) is 45.8 Å². The fourth-order valence-electron chi connectivity index (χ4n) is 3.94. The molecule has 7 nitrogen and oxygen atoms in total. The number of rotatable bonds is 5. The Morgan fingerprint density at radius 1 is 0.931 bits per heavy atom. The van der Waals surface area contributed by atoms with E-state index in [1.165, 1.54) is 25.0 Å². The minimum absolute atomic E-state index is 0.265. The molecule has 0 aliphatic carbocycles. The number of piperazine rings is 1. The zero-order valence-electron chi connectivity index (χ0n) is 16.7. The maximum atomic E-state index is 13.1. The number of aromatic nitrogens is 2. The van der Waals surface area contributed by atoms with E-state index in [-0.39, 0.29) is 11.7 Å². The second kappa shape index (κ2) is 9.45. The molecule has 3 heterocycles. The molecule has 156 valence electrons. The van der Waals surface area contributed by atoms with E-state index in [9.17, 15) is 9.18 Å². The average molecular weight is 401 g/mol. The molecule has 0 atom stereocenters. The van der Waals surface area contributed by atoms with Gasteiger partial charge in [-0.3, -0.25) is 14.6 Å². The summed E-state index contributed by atoms with van der Waals surface area (Å²) >= 11 is 0. The minimum Gasteiger partial charge on any atom is -0.342 e. The van der Waals surface area contributed by atoms with Crippen molar-refractivity contribution in [2.45, 2.75) is 32.2 Å². The maximum Gasteiger partial charge on any atom is 0.241 e. The topological polar surface area (TPSA) is 65.7 Å². The van der Waals surface area contributed by atoms with E-state index in [0.29, 0.717) is 24.8 Å². The molecule has 1 amide bonds. The molecule has 0 spiro atoms. The van der Waals surface area contributed by atoms with Crippen LogP contribution in [-0.4, -0.2) is 76.6 Å². The molecule has 0 N–H and O–H groups in total. The lowest BCUT2D eigenvalue weighted by Gasteiger charge is -2.34. The SMILES string of the molecule is O=C(CN1CCN(Cc2nc(-c3ccc(F)cc3)no2)CC1)N1CCCCCC1. The fraction of sp³-hybridized carbons (Fsp3) is 0.571. The first-order valence-electron chi connectivity index (χ1n) is 10.5. The van der Waals surface area contributed by atoms with Crippen LogP contribution >= 0.6 is 0 Å². The normalized spacial score (nSPS) is 19.3. The lowest BCUT2D eigenvalue weighted by molar-refractivity contribution is -0.132. The van der Waals surface area contributed by atoms with Crippen LogP contribution in [0.1, 0.15) is 31.6 Å². The monoisotopic (exact) mass is 401 g/mol. The summed E-state index contributed by atoms with van der Waals surface area (Å²) in [5, 5.41) is 4.00. The van der Waals surface area contributed by atoms with Crippen molar-refractivity contribution in [1.29, 1.82) is 0 Å². The Kier molecular flexibility index (Phi) is 6.51. The van der Waals surface area contributed by atoms with Gasteiger partial charge in [-0.2, -0.15) is 4.98 Å². The first-order valence-corrected chi connectivity index (χ1v) is 10.5. The summed E-state index contributed by atoms with van der Waals surface area (Å²) in [6, 6.07) is 6.06. The summed E-state index contributed by atoms with van der Waals surface area (Å²) in [6.07, 6.45) is 4.73. The van der Waals surface area contributed by atoms with Crippen LogP contribution in [0.3, 0.4) is 0 Å². The third-order valence-corrected chi connectivity index (χ3v) is 5.71. The van der Waals surface area contributed by atoms with E-state index in [0.717, 1.165) is 57.7 Å². The number of halogens is 1. The number of carbonyl (C=O) groups is 1. The molecular weight excluding hydrogens is 373 g/mol. The predicted molar refractivity (Wildman–Crippen MR) is 106 cm³/mol. The lowest BCUT2D eigenvalue weighted by atomic mass is 10.2. The number of amides is 1. The van der Waals surface area contributed by atoms with Gasteiger partial charge in [0.2, 0.25) is 17.6 Å². The Morgan fingerprint density at radius 3 is 2.28 bits per heavy atom. The van der Waals surface area contributed by atoms with Gasteiger partial charge in [-0.15, -0.1) is 0 Å². The summed E-state index contributed by atoms with van der Waals surface area (Å²) < 4.78 is 18.4. The molecule has 8 heteroatoms. The quantitative estimate of drug-likeness (QED) is 0.767. The highest BCUT2D eigenvalue weighted by Gasteiger charge is 2.23. The van der Waals surface area contributed by atoms with Gasteiger partial charge < -0.3 is 9.42 Å². The molecule has 1 aromatic carbocycles. The maximum absolute atomic E-state index is 13.1. The molecule has 2 saturated heterocycles. The first-order chi connectivity index (χ1) is 14.2. The molecule has 29 heavy (non-hydrogen) atoms. The van der Waals surface area contributed by atoms with Gasteiger partial charge in [0, 0.05) is 44.8 Å². The second-order valence-electron chi connectivity index (χ2n) is 7.87. The van der Waals surface area contributed by atoms with Gasteiger partial charge in [0.15, 0.2) is 0 Å². The van der Waals surface area contributed by atoms with Gasteiger partial charge in [-0.25, -0.2) is 4.39 Å². The molecule has 4 rings (SSSR count). The van der Waals surface area contributed by atoms with Gasteiger partial charge in [-0.05, 0) is 37.1 Å². The van der Waals surface area contributed by atoms with Crippen LogP contribution in [0.5, 0.6) is 0 Å². The molecule has 2 aliphatic heterocycles. The summed E-state index contributed by atoms with van der Waals surface area (Å²) in [6.45, 7) is 6.37. The minimum atomic E-state index is -0.287. The lowest BCUT2D eigenvalue weighted by Crippen LogP contribution is -2.49. The van der Waals surface area contributed by atoms with E-state index in [1.54, 1.807) is 12.1 Å². The highest BCUT2D eigenvalue weighted by Crippen LogP contribution is 2.17. The van der Waals surface area contributed by atoms with Crippen LogP contribution in [0.2, 0.25) is 0 Å². The molecule has 0 radical (unpaired) electrons. The molecule has 2 aromatic rings. The zero-order valence-corrected chi connectivity index (χ0v) is 16.7. The van der Waals surface area contributed by atoms with Crippen molar-refractivity contribution in [1.82, 2.24) is 24.8 Å². The molecule has 0 saturated carbocycles. The van der Waals surface area contributed by atoms with Crippen molar-refractivity contribution in [3.05, 3.63) is 36.0 Å². The van der Waals surface area contributed by atoms with Gasteiger partial charge in [0.25, 0.3) is 0 Å². The summed E-state index contributed by atoms with van der Waals surface area (Å²) in [5.74, 6) is 1.01. The number of hydrogen-bond acceptors (Lipinski definition) is 6. The van der Waals surface area contributed by atoms with Crippen LogP contribution in [-0.2, 0) is 11.3 Å². The van der Waals surface area contributed by atoms with Crippen LogP contribution < -0.4 is 0 Å². The molecule has 0 bridgehead atoms. The third-order valence-electron chi connectivity index (χ3n) is 5.71. The van der Waals surface area contributed by atoms with Crippen LogP contribution in [0.25, 0.3) is 11.4 Å². The van der Waals surface area contributed by atoms with E-state index in [4.69, 9.17) is 4.52 Å². The van der Waals surface area contributed by atoms with Crippen molar-refractivity contribution in [3.8, 4) is 11.4 Å². The van der Waals surface area contributed by atoms with Crippen molar-refractivity contribution >= 4 is 5.91 Å². The summed E-state index contributed by atoms with van der Waals surface area (Å²) in [5.41, 5.74) is 0.734. The largest absolute Gasteiger partial charge is 0.342 e. The van der Waals surface area contributed by atoms with Gasteiger partial charge in [0.1, 0.15) is 5.82 Å². The Labute approximate surface area is 170 Å². The zero-order chi connectivity index (χ0) is 20.1. The predicted octanol–water partition coefficient (Wildman–Crippen LogP) is 2.40. The number of hydrogen-bond donors (Lipinski definition) is 0. The Hall–Kier alpha value is -2.32. The van der Waals surface area contributed by atoms with Crippen LogP contribution in [0.4, 0.5) is 4.39 Å². The van der Waals surface area contributed by atoms with Crippen LogP contribution in [0, 0.1) is 5.82 Å². The van der Waals surface area contributed by atoms with Crippen molar-refractivity contribution in [3.63, 3.8) is 0 Å². The van der Waals surface area contributed by atoms with Gasteiger partial charge in [0.05, 0.1) is 13.1 Å². The third kappa shape index (κ3) is 5.39. The highest BCUT2D eigenvalue weighted by atomic mass is 19.1. The smallest absolute Gasteiger partial charge is 0.241 e. The standard InChI is InChI=1S/C21H28FN5O2/c22-18-7-5-17(6-8-18)21-23-19(29-24-21)15-25-11-13-26(14-12-25)16-20(28)27-9-3-1-2-4-10-27/h5-8H,1-4,9-16H2. The van der Waals surface area contributed by atoms with Crippen molar-refractivity contribution < 1.29 is 13.7 Å². The number of likely N-dealkylation sites (tertiary alicyclic amines) is 1. The van der Waals surface area contributed by atoms with Crippen molar-refractivity contribution in [2.24, 2.45) is 0 Å². The average Bonchev–Trinajstić information content (AvgIpc) is 3.02. The van der Waals surface area contributed by atoms with E-state index < -0.39 is 0 Å². The Morgan fingerprint density at radius 2 is 1.59 bits per heavy atom. The number of carbonyl (C=O) groups excluding carboxylic acids is 1. The molecule has 1 aromatic heterocycles. The molecular formula is C21H28FN5O2. The van der Waals surface area contributed by atoms with E-state index >= 15 is 0 Å². The molecule has 2 fully saturated rings. The Bertz CT molecular complexity index is 794. The molecule has 2 aliphatic rings. The summed E-state index contributed by atoms with van der Waals surface area (Å²) in [7, 11) is 0. The fourth-order valence-corrected chi connectivity index (χ4v) is 3.94. The summed E-state index contributed by atoms with van der Waals surface area (Å²) in [4.78, 5) is 23.5. The Balaban J connectivity index is 1.24. The molecule has 0 unspecified atom stereocenters. The number of benzene rings is 1. The highest BCUT2D eigenvalue weighted by molar-refractivity contribution is 5.78. The second-order valence-corrected chi connectivity index (χ2v) is 7.87. The van der Waals surface area contributed by atoms with Crippen LogP contribution in [0.15, 0.2) is 28.8 Å². The van der Waals surface area contributed by atoms with Gasteiger partial charge >= 0.3 is 0 Å².